The maximum absolute atomic E-state index is 14.4. The van der Waals surface area contributed by atoms with Crippen LogP contribution in [0.3, 0.4) is 0 Å². The lowest BCUT2D eigenvalue weighted by Gasteiger charge is -2.13. The highest BCUT2D eigenvalue weighted by Crippen LogP contribution is 2.31. The van der Waals surface area contributed by atoms with Crippen molar-refractivity contribution in [1.29, 1.82) is 0 Å². The number of amides is 1. The SMILES string of the molecule is C#Cc1cc(CNC(=O)/C=C\c2ccc(C(F)(F)F)nc2OCC(C)C)cc(F)c1NS(C)(=O)=O. The normalized spacial score (nSPS) is 12.0. The van der Waals surface area contributed by atoms with Gasteiger partial charge >= 0.3 is 6.18 Å². The van der Waals surface area contributed by atoms with Gasteiger partial charge < -0.3 is 10.1 Å². The number of carbonyl (C=O) groups is 1. The van der Waals surface area contributed by atoms with Crippen molar-refractivity contribution in [3.05, 3.63) is 58.5 Å². The molecule has 12 heteroatoms. The lowest BCUT2D eigenvalue weighted by Crippen LogP contribution is -2.21. The van der Waals surface area contributed by atoms with E-state index in [1.165, 1.54) is 12.1 Å². The van der Waals surface area contributed by atoms with Crippen molar-refractivity contribution in [2.24, 2.45) is 5.92 Å². The van der Waals surface area contributed by atoms with Crippen LogP contribution in [-0.4, -0.2) is 32.2 Å². The molecule has 0 aliphatic heterocycles. The van der Waals surface area contributed by atoms with Crippen molar-refractivity contribution in [2.75, 3.05) is 17.6 Å². The topological polar surface area (TPSA) is 97.4 Å². The van der Waals surface area contributed by atoms with Gasteiger partial charge in [0.05, 0.1) is 24.1 Å². The number of terminal acetylenes is 1. The van der Waals surface area contributed by atoms with E-state index < -0.39 is 33.6 Å². The Morgan fingerprint density at radius 3 is 2.54 bits per heavy atom. The van der Waals surface area contributed by atoms with Gasteiger partial charge in [0.15, 0.2) is 0 Å². The second-order valence-electron chi connectivity index (χ2n) is 7.86. The molecule has 1 aromatic carbocycles. The van der Waals surface area contributed by atoms with Crippen molar-refractivity contribution >= 4 is 27.7 Å². The van der Waals surface area contributed by atoms with E-state index in [1.807, 2.05) is 18.6 Å². The summed E-state index contributed by atoms with van der Waals surface area (Å²) < 4.78 is 83.5. The molecule has 0 fully saturated rings. The van der Waals surface area contributed by atoms with E-state index in [0.717, 1.165) is 30.5 Å². The Morgan fingerprint density at radius 1 is 1.29 bits per heavy atom. The number of alkyl halides is 3. The van der Waals surface area contributed by atoms with Crippen molar-refractivity contribution in [1.82, 2.24) is 10.3 Å². The minimum Gasteiger partial charge on any atom is -0.477 e. The van der Waals surface area contributed by atoms with Crippen LogP contribution in [-0.2, 0) is 27.5 Å². The zero-order chi connectivity index (χ0) is 26.4. The third-order valence-electron chi connectivity index (χ3n) is 4.21. The summed E-state index contributed by atoms with van der Waals surface area (Å²) in [7, 11) is -3.77. The average molecular weight is 514 g/mol. The van der Waals surface area contributed by atoms with Crippen LogP contribution in [0, 0.1) is 24.1 Å². The summed E-state index contributed by atoms with van der Waals surface area (Å²) in [5.41, 5.74) is -1.15. The summed E-state index contributed by atoms with van der Waals surface area (Å²) >= 11 is 0. The largest absolute Gasteiger partial charge is 0.477 e. The number of halogens is 4. The Labute approximate surface area is 200 Å². The number of aromatic nitrogens is 1. The van der Waals surface area contributed by atoms with Gasteiger partial charge in [-0.2, -0.15) is 13.2 Å². The van der Waals surface area contributed by atoms with Crippen molar-refractivity contribution in [2.45, 2.75) is 26.6 Å². The Bertz CT molecular complexity index is 1270. The average Bonchev–Trinajstić information content (AvgIpc) is 2.74. The summed E-state index contributed by atoms with van der Waals surface area (Å²) in [6, 6.07) is 4.25. The van der Waals surface area contributed by atoms with E-state index in [4.69, 9.17) is 11.2 Å². The molecule has 2 aromatic rings. The highest BCUT2D eigenvalue weighted by molar-refractivity contribution is 7.92. The first kappa shape index (κ1) is 27.7. The Morgan fingerprint density at radius 2 is 1.97 bits per heavy atom. The Hall–Kier alpha value is -3.59. The smallest absolute Gasteiger partial charge is 0.433 e. The molecular formula is C23H23F4N3O4S. The molecule has 0 radical (unpaired) electrons. The molecule has 35 heavy (non-hydrogen) atoms. The summed E-state index contributed by atoms with van der Waals surface area (Å²) in [6.45, 7) is 3.59. The summed E-state index contributed by atoms with van der Waals surface area (Å²) in [4.78, 5) is 15.7. The molecule has 188 valence electrons. The highest BCUT2D eigenvalue weighted by atomic mass is 32.2. The number of hydrogen-bond donors (Lipinski definition) is 2. The van der Waals surface area contributed by atoms with E-state index >= 15 is 0 Å². The maximum atomic E-state index is 14.4. The van der Waals surface area contributed by atoms with Crippen LogP contribution in [0.4, 0.5) is 23.2 Å². The van der Waals surface area contributed by atoms with Gasteiger partial charge in [-0.15, -0.1) is 6.42 Å². The quantitative estimate of drug-likeness (QED) is 0.301. The highest BCUT2D eigenvalue weighted by Gasteiger charge is 2.33. The van der Waals surface area contributed by atoms with Gasteiger partial charge in [0.2, 0.25) is 21.8 Å². The first-order valence-corrected chi connectivity index (χ1v) is 12.0. The standard InChI is InChI=1S/C23H23F4N3O4S/c1-5-16-10-15(11-18(24)21(16)30-35(4,32)33)12-28-20(31)9-7-17-6-8-19(23(25,26)27)29-22(17)34-13-14(2)3/h1,6-11,14,30H,12-13H2,2-4H3,(H,28,31)/b9-7-. The molecule has 1 amide bonds. The molecule has 0 aliphatic carbocycles. The second kappa shape index (κ2) is 11.2. The maximum Gasteiger partial charge on any atom is 0.433 e. The summed E-state index contributed by atoms with van der Waals surface area (Å²) in [6.07, 6.45) is 3.82. The summed E-state index contributed by atoms with van der Waals surface area (Å²) in [5, 5.41) is 2.48. The molecule has 1 aromatic heterocycles. The number of anilines is 1. The van der Waals surface area contributed by atoms with Crippen LogP contribution in [0.2, 0.25) is 0 Å². The van der Waals surface area contributed by atoms with Gasteiger partial charge in [0.25, 0.3) is 0 Å². The fourth-order valence-electron chi connectivity index (χ4n) is 2.68. The van der Waals surface area contributed by atoms with E-state index in [2.05, 4.69) is 16.2 Å². The first-order valence-electron chi connectivity index (χ1n) is 10.1. The summed E-state index contributed by atoms with van der Waals surface area (Å²) in [5.74, 6) is 0.375. The van der Waals surface area contributed by atoms with Crippen molar-refractivity contribution in [3.63, 3.8) is 0 Å². The lowest BCUT2D eigenvalue weighted by atomic mass is 10.1. The molecule has 0 aliphatic rings. The van der Waals surface area contributed by atoms with Crippen LogP contribution in [0.5, 0.6) is 5.88 Å². The molecule has 2 N–H and O–H groups in total. The Balaban J connectivity index is 2.17. The van der Waals surface area contributed by atoms with Crippen molar-refractivity contribution < 1.29 is 35.5 Å². The molecule has 0 saturated heterocycles. The fourth-order valence-corrected chi connectivity index (χ4v) is 3.26. The molecule has 0 unspecified atom stereocenters. The third-order valence-corrected chi connectivity index (χ3v) is 4.78. The molecule has 2 rings (SSSR count). The number of rotatable bonds is 9. The van der Waals surface area contributed by atoms with Crippen molar-refractivity contribution in [3.8, 4) is 18.2 Å². The zero-order valence-electron chi connectivity index (χ0n) is 19.0. The van der Waals surface area contributed by atoms with E-state index in [9.17, 15) is 30.8 Å². The Kier molecular flexibility index (Phi) is 8.87. The number of ether oxygens (including phenoxy) is 1. The van der Waals surface area contributed by atoms with Crippen LogP contribution >= 0.6 is 0 Å². The molecule has 0 saturated carbocycles. The van der Waals surface area contributed by atoms with Gasteiger partial charge in [-0.25, -0.2) is 17.8 Å². The monoisotopic (exact) mass is 513 g/mol. The van der Waals surface area contributed by atoms with Crippen LogP contribution in [0.25, 0.3) is 6.08 Å². The molecular weight excluding hydrogens is 490 g/mol. The van der Waals surface area contributed by atoms with Crippen LogP contribution in [0.1, 0.15) is 36.2 Å². The van der Waals surface area contributed by atoms with E-state index in [0.29, 0.717) is 0 Å². The van der Waals surface area contributed by atoms with Gasteiger partial charge in [-0.3, -0.25) is 9.52 Å². The predicted molar refractivity (Wildman–Crippen MR) is 123 cm³/mol. The third kappa shape index (κ3) is 8.60. The molecule has 7 nitrogen and oxygen atoms in total. The van der Waals surface area contributed by atoms with Gasteiger partial charge in [0.1, 0.15) is 11.5 Å². The van der Waals surface area contributed by atoms with Gasteiger partial charge in [-0.1, -0.05) is 19.8 Å². The fraction of sp³-hybridized carbons (Fsp3) is 0.304. The molecule has 1 heterocycles. The zero-order valence-corrected chi connectivity index (χ0v) is 19.8. The molecule has 0 atom stereocenters. The van der Waals surface area contributed by atoms with E-state index in [1.54, 1.807) is 0 Å². The number of pyridine rings is 1. The number of carbonyl (C=O) groups excluding carboxylic acids is 1. The number of sulfonamides is 1. The van der Waals surface area contributed by atoms with Gasteiger partial charge in [0, 0.05) is 18.2 Å². The van der Waals surface area contributed by atoms with Crippen LogP contribution in [0.15, 0.2) is 30.3 Å². The van der Waals surface area contributed by atoms with E-state index in [-0.39, 0.29) is 47.3 Å². The number of hydrogen-bond acceptors (Lipinski definition) is 5. The number of nitrogens with one attached hydrogen (secondary N) is 2. The van der Waals surface area contributed by atoms with Gasteiger partial charge in [-0.05, 0) is 41.8 Å². The number of nitrogens with zero attached hydrogens (tertiary/aromatic N) is 1. The first-order chi connectivity index (χ1) is 16.2. The molecule has 0 bridgehead atoms. The number of benzene rings is 1. The minimum atomic E-state index is -4.66. The second-order valence-corrected chi connectivity index (χ2v) is 9.61. The predicted octanol–water partition coefficient (Wildman–Crippen LogP) is 3.96. The molecule has 0 spiro atoms. The lowest BCUT2D eigenvalue weighted by molar-refractivity contribution is -0.141. The minimum absolute atomic E-state index is 0.0267. The van der Waals surface area contributed by atoms with Crippen LogP contribution < -0.4 is 14.8 Å².